The predicted octanol–water partition coefficient (Wildman–Crippen LogP) is 2.58. The third-order valence-corrected chi connectivity index (χ3v) is 3.81. The van der Waals surface area contributed by atoms with Crippen LogP contribution in [0.2, 0.25) is 0 Å². The third kappa shape index (κ3) is 5.76. The van der Waals surface area contributed by atoms with Gasteiger partial charge in [0.2, 0.25) is 0 Å². The third-order valence-electron chi connectivity index (χ3n) is 3.81. The van der Waals surface area contributed by atoms with Crippen molar-refractivity contribution in [1.82, 2.24) is 10.2 Å². The van der Waals surface area contributed by atoms with E-state index >= 15 is 0 Å². The van der Waals surface area contributed by atoms with Gasteiger partial charge in [0, 0.05) is 18.7 Å². The molecule has 0 aliphatic rings. The summed E-state index contributed by atoms with van der Waals surface area (Å²) in [5.41, 5.74) is 1.81. The molecule has 2 aromatic rings. The van der Waals surface area contributed by atoms with Crippen molar-refractivity contribution in [3.8, 4) is 5.75 Å². The zero-order valence-electron chi connectivity index (χ0n) is 14.2. The summed E-state index contributed by atoms with van der Waals surface area (Å²) >= 11 is 0. The molecule has 0 atom stereocenters. The highest BCUT2D eigenvalue weighted by atomic mass is 19.1. The SMILES string of the molecule is COc1ccccc1CN(CCO)C(=O)NCCc1ccc(F)cc1. The Morgan fingerprint density at radius 3 is 2.60 bits per heavy atom. The Morgan fingerprint density at radius 2 is 1.92 bits per heavy atom. The normalized spacial score (nSPS) is 10.4. The Balaban J connectivity index is 1.92. The Morgan fingerprint density at radius 1 is 1.20 bits per heavy atom. The number of benzene rings is 2. The molecule has 0 aromatic heterocycles. The van der Waals surface area contributed by atoms with Gasteiger partial charge < -0.3 is 20.1 Å². The van der Waals surface area contributed by atoms with Gasteiger partial charge in [-0.2, -0.15) is 0 Å². The largest absolute Gasteiger partial charge is 0.496 e. The summed E-state index contributed by atoms with van der Waals surface area (Å²) in [5, 5.41) is 12.1. The van der Waals surface area contributed by atoms with E-state index in [0.29, 0.717) is 25.3 Å². The van der Waals surface area contributed by atoms with Gasteiger partial charge in [0.05, 0.1) is 20.3 Å². The van der Waals surface area contributed by atoms with Crippen LogP contribution in [-0.2, 0) is 13.0 Å². The molecular formula is C19H23FN2O3. The number of aliphatic hydroxyl groups excluding tert-OH is 1. The lowest BCUT2D eigenvalue weighted by molar-refractivity contribution is 0.173. The van der Waals surface area contributed by atoms with Crippen molar-refractivity contribution in [1.29, 1.82) is 0 Å². The van der Waals surface area contributed by atoms with Crippen molar-refractivity contribution < 1.29 is 19.0 Å². The summed E-state index contributed by atoms with van der Waals surface area (Å²) < 4.78 is 18.2. The molecule has 0 spiro atoms. The minimum Gasteiger partial charge on any atom is -0.496 e. The van der Waals surface area contributed by atoms with Crippen LogP contribution in [-0.4, -0.2) is 42.8 Å². The lowest BCUT2D eigenvalue weighted by Crippen LogP contribution is -2.41. The lowest BCUT2D eigenvalue weighted by Gasteiger charge is -2.23. The minimum atomic E-state index is -0.279. The molecule has 134 valence electrons. The van der Waals surface area contributed by atoms with Crippen molar-refractivity contribution in [2.45, 2.75) is 13.0 Å². The molecule has 0 unspecified atom stereocenters. The van der Waals surface area contributed by atoms with Crippen LogP contribution in [0.15, 0.2) is 48.5 Å². The highest BCUT2D eigenvalue weighted by molar-refractivity contribution is 5.74. The summed E-state index contributed by atoms with van der Waals surface area (Å²) in [4.78, 5) is 13.9. The van der Waals surface area contributed by atoms with Crippen LogP contribution in [0.1, 0.15) is 11.1 Å². The van der Waals surface area contributed by atoms with Gasteiger partial charge in [-0.3, -0.25) is 0 Å². The quantitative estimate of drug-likeness (QED) is 0.772. The van der Waals surface area contributed by atoms with Gasteiger partial charge in [0.1, 0.15) is 11.6 Å². The number of nitrogens with zero attached hydrogens (tertiary/aromatic N) is 1. The number of nitrogens with one attached hydrogen (secondary N) is 1. The summed E-state index contributed by atoms with van der Waals surface area (Å²) in [6, 6.07) is 13.4. The molecule has 2 amide bonds. The lowest BCUT2D eigenvalue weighted by atomic mass is 10.1. The number of carbonyl (C=O) groups excluding carboxylic acids is 1. The standard InChI is InChI=1S/C19H23FN2O3/c1-25-18-5-3-2-4-16(18)14-22(12-13-23)19(24)21-11-10-15-6-8-17(20)9-7-15/h2-9,23H,10-14H2,1H3,(H,21,24). The van der Waals surface area contributed by atoms with E-state index in [1.807, 2.05) is 24.3 Å². The molecule has 0 radical (unpaired) electrons. The van der Waals surface area contributed by atoms with E-state index in [9.17, 15) is 14.3 Å². The number of urea groups is 1. The second kappa shape index (κ2) is 9.64. The second-order valence-electron chi connectivity index (χ2n) is 5.57. The van der Waals surface area contributed by atoms with E-state index in [1.165, 1.54) is 17.0 Å². The van der Waals surface area contributed by atoms with Crippen molar-refractivity contribution in [3.05, 3.63) is 65.5 Å². The zero-order chi connectivity index (χ0) is 18.1. The minimum absolute atomic E-state index is 0.124. The number of rotatable bonds is 8. The van der Waals surface area contributed by atoms with Crippen molar-refractivity contribution in [3.63, 3.8) is 0 Å². The van der Waals surface area contributed by atoms with Gasteiger partial charge in [-0.15, -0.1) is 0 Å². The van der Waals surface area contributed by atoms with Crippen molar-refractivity contribution in [2.75, 3.05) is 26.8 Å². The average molecular weight is 346 g/mol. The van der Waals surface area contributed by atoms with Crippen LogP contribution in [0.25, 0.3) is 0 Å². The van der Waals surface area contributed by atoms with Gasteiger partial charge in [-0.1, -0.05) is 30.3 Å². The summed E-state index contributed by atoms with van der Waals surface area (Å²) in [6.45, 7) is 0.867. The maximum atomic E-state index is 12.9. The first kappa shape index (κ1) is 18.7. The maximum Gasteiger partial charge on any atom is 0.317 e. The first-order chi connectivity index (χ1) is 12.1. The molecular weight excluding hydrogens is 323 g/mol. The van der Waals surface area contributed by atoms with Crippen LogP contribution in [0.4, 0.5) is 9.18 Å². The highest BCUT2D eigenvalue weighted by Gasteiger charge is 2.15. The number of amides is 2. The van der Waals surface area contributed by atoms with Crippen LogP contribution < -0.4 is 10.1 Å². The van der Waals surface area contributed by atoms with Crippen molar-refractivity contribution in [2.24, 2.45) is 0 Å². The van der Waals surface area contributed by atoms with Crippen LogP contribution >= 0.6 is 0 Å². The Labute approximate surface area is 147 Å². The fourth-order valence-corrected chi connectivity index (χ4v) is 2.49. The first-order valence-corrected chi connectivity index (χ1v) is 8.14. The number of aliphatic hydroxyl groups is 1. The molecule has 2 N–H and O–H groups in total. The molecule has 5 nitrogen and oxygen atoms in total. The zero-order valence-corrected chi connectivity index (χ0v) is 14.2. The number of hydrogen-bond acceptors (Lipinski definition) is 3. The Bertz CT molecular complexity index is 677. The van der Waals surface area contributed by atoms with E-state index in [2.05, 4.69) is 5.32 Å². The molecule has 0 heterocycles. The summed E-state index contributed by atoms with van der Waals surface area (Å²) in [6.07, 6.45) is 0.605. The van der Waals surface area contributed by atoms with E-state index in [4.69, 9.17) is 4.74 Å². The molecule has 6 heteroatoms. The summed E-state index contributed by atoms with van der Waals surface area (Å²) in [5.74, 6) is 0.420. The van der Waals surface area contributed by atoms with Gasteiger partial charge in [-0.05, 0) is 30.2 Å². The van der Waals surface area contributed by atoms with Crippen LogP contribution in [0, 0.1) is 5.82 Å². The first-order valence-electron chi connectivity index (χ1n) is 8.14. The summed E-state index contributed by atoms with van der Waals surface area (Å²) in [7, 11) is 1.58. The van der Waals surface area contributed by atoms with E-state index in [1.54, 1.807) is 19.2 Å². The van der Waals surface area contributed by atoms with Gasteiger partial charge >= 0.3 is 6.03 Å². The van der Waals surface area contributed by atoms with E-state index in [0.717, 1.165) is 11.1 Å². The molecule has 0 aliphatic carbocycles. The van der Waals surface area contributed by atoms with Gasteiger partial charge in [0.15, 0.2) is 0 Å². The topological polar surface area (TPSA) is 61.8 Å². The fourth-order valence-electron chi connectivity index (χ4n) is 2.49. The Kier molecular flexibility index (Phi) is 7.22. The monoisotopic (exact) mass is 346 g/mol. The number of para-hydroxylation sites is 1. The number of methoxy groups -OCH3 is 1. The van der Waals surface area contributed by atoms with Gasteiger partial charge in [-0.25, -0.2) is 9.18 Å². The fraction of sp³-hybridized carbons (Fsp3) is 0.316. The molecule has 0 saturated heterocycles. The smallest absolute Gasteiger partial charge is 0.317 e. The van der Waals surface area contributed by atoms with Crippen molar-refractivity contribution >= 4 is 6.03 Å². The number of ether oxygens (including phenoxy) is 1. The molecule has 2 aromatic carbocycles. The number of hydrogen-bond donors (Lipinski definition) is 2. The number of halogens is 1. The molecule has 2 rings (SSSR count). The Hall–Kier alpha value is -2.60. The molecule has 0 fully saturated rings. The van der Waals surface area contributed by atoms with E-state index in [-0.39, 0.29) is 25.0 Å². The van der Waals surface area contributed by atoms with Gasteiger partial charge in [0.25, 0.3) is 0 Å². The van der Waals surface area contributed by atoms with Crippen LogP contribution in [0.5, 0.6) is 5.75 Å². The predicted molar refractivity (Wildman–Crippen MR) is 94.0 cm³/mol. The second-order valence-corrected chi connectivity index (χ2v) is 5.57. The molecule has 0 bridgehead atoms. The number of carbonyl (C=O) groups is 1. The van der Waals surface area contributed by atoms with Crippen LogP contribution in [0.3, 0.4) is 0 Å². The molecule has 0 saturated carbocycles. The maximum absolute atomic E-state index is 12.9. The van der Waals surface area contributed by atoms with E-state index < -0.39 is 0 Å². The molecule has 0 aliphatic heterocycles. The average Bonchev–Trinajstić information content (AvgIpc) is 2.63. The highest BCUT2D eigenvalue weighted by Crippen LogP contribution is 2.19. The molecule has 25 heavy (non-hydrogen) atoms.